The molecule has 0 aromatic heterocycles. The van der Waals surface area contributed by atoms with Crippen molar-refractivity contribution in [2.24, 2.45) is 0 Å². The molecule has 0 aliphatic heterocycles. The molecule has 0 aliphatic rings. The topological polar surface area (TPSA) is 20.2 Å². The Morgan fingerprint density at radius 1 is 0.615 bits per heavy atom. The van der Waals surface area contributed by atoms with E-state index in [2.05, 4.69) is 20.8 Å². The Bertz CT molecular complexity index is 224. The molecule has 13 heavy (non-hydrogen) atoms. The van der Waals surface area contributed by atoms with Crippen molar-refractivity contribution in [3.05, 3.63) is 27.8 Å². The fourth-order valence-electron chi connectivity index (χ4n) is 1.48. The van der Waals surface area contributed by atoms with Gasteiger partial charge >= 0.3 is 0 Å². The molecule has 0 heterocycles. The van der Waals surface area contributed by atoms with E-state index in [4.69, 9.17) is 0 Å². The molecule has 1 rings (SSSR count). The molecule has 1 N–H and O–H groups in total. The van der Waals surface area contributed by atoms with Crippen LogP contribution in [0.15, 0.2) is 0 Å². The summed E-state index contributed by atoms with van der Waals surface area (Å²) in [5.41, 5.74) is 5.72. The van der Waals surface area contributed by atoms with Gasteiger partial charge in [-0.15, -0.1) is 0 Å². The zero-order valence-electron chi connectivity index (χ0n) is 9.02. The second-order valence-corrected chi connectivity index (χ2v) is 3.47. The molecule has 1 aromatic rings. The summed E-state index contributed by atoms with van der Waals surface area (Å²) in [5, 5.41) is 9.69. The van der Waals surface area contributed by atoms with Crippen LogP contribution >= 0.6 is 0 Å². The Labute approximate surface area is 114 Å². The standard InChI is InChI=1S/C11H16O.Pr/c1-6-7(2)9(4)11(12)10(5)8(6)3;/h12H,1-5H3;. The van der Waals surface area contributed by atoms with Gasteiger partial charge < -0.3 is 5.11 Å². The van der Waals surface area contributed by atoms with Gasteiger partial charge in [-0.1, -0.05) is 0 Å². The van der Waals surface area contributed by atoms with Gasteiger partial charge in [0.05, 0.1) is 0 Å². The number of phenols is 1. The third-order valence-corrected chi connectivity index (χ3v) is 2.96. The molecule has 0 amide bonds. The average molecular weight is 305 g/mol. The van der Waals surface area contributed by atoms with Gasteiger partial charge in [0.1, 0.15) is 5.75 Å². The van der Waals surface area contributed by atoms with E-state index < -0.39 is 0 Å². The van der Waals surface area contributed by atoms with Crippen LogP contribution in [0.2, 0.25) is 0 Å². The van der Waals surface area contributed by atoms with E-state index in [0.29, 0.717) is 5.75 Å². The molecular formula is C11H16OPr. The summed E-state index contributed by atoms with van der Waals surface area (Å²) in [6.45, 7) is 10.1. The van der Waals surface area contributed by atoms with Crippen molar-refractivity contribution in [1.29, 1.82) is 0 Å². The van der Waals surface area contributed by atoms with E-state index >= 15 is 0 Å². The predicted molar refractivity (Wildman–Crippen MR) is 51.8 cm³/mol. The van der Waals surface area contributed by atoms with E-state index in [9.17, 15) is 5.11 Å². The van der Waals surface area contributed by atoms with E-state index in [1.165, 1.54) is 16.7 Å². The Balaban J connectivity index is 0.00000144. The number of hydrogen-bond donors (Lipinski definition) is 1. The average Bonchev–Trinajstić information content (AvgIpc) is 2.08. The van der Waals surface area contributed by atoms with E-state index in [1.54, 1.807) is 0 Å². The van der Waals surface area contributed by atoms with Gasteiger partial charge in [0.25, 0.3) is 0 Å². The fraction of sp³-hybridized carbons (Fsp3) is 0.455. The van der Waals surface area contributed by atoms with E-state index in [0.717, 1.165) is 11.1 Å². The van der Waals surface area contributed by atoms with Crippen LogP contribution in [-0.2, 0) is 0 Å². The van der Waals surface area contributed by atoms with Crippen LogP contribution in [-0.4, -0.2) is 5.11 Å². The van der Waals surface area contributed by atoms with Crippen molar-refractivity contribution in [2.45, 2.75) is 34.6 Å². The van der Waals surface area contributed by atoms with Gasteiger partial charge in [-0.05, 0) is 62.4 Å². The van der Waals surface area contributed by atoms with Crippen LogP contribution in [0.5, 0.6) is 5.75 Å². The molecule has 0 unspecified atom stereocenters. The maximum atomic E-state index is 9.69. The summed E-state index contributed by atoms with van der Waals surface area (Å²) in [7, 11) is 0. The molecule has 1 nitrogen and oxygen atoms in total. The molecule has 69 valence electrons. The second-order valence-electron chi connectivity index (χ2n) is 3.47. The Morgan fingerprint density at radius 3 is 1.15 bits per heavy atom. The van der Waals surface area contributed by atoms with Crippen LogP contribution in [0, 0.1) is 75.9 Å². The SMILES string of the molecule is Cc1c(C)c(C)c(O)c(C)c1C.[Pr]. The molecule has 1 radical (unpaired) electrons. The number of hydrogen-bond acceptors (Lipinski definition) is 1. The normalized spacial score (nSPS) is 9.62. The number of aromatic hydroxyl groups is 1. The molecule has 0 bridgehead atoms. The summed E-state index contributed by atoms with van der Waals surface area (Å²) >= 11 is 0. The minimum Gasteiger partial charge on any atom is -0.507 e. The van der Waals surface area contributed by atoms with Gasteiger partial charge in [-0.3, -0.25) is 0 Å². The smallest absolute Gasteiger partial charge is 0.121 e. The van der Waals surface area contributed by atoms with Crippen molar-refractivity contribution in [2.75, 3.05) is 0 Å². The zero-order chi connectivity index (χ0) is 9.46. The number of benzene rings is 1. The number of phenolic OH excluding ortho intramolecular Hbond substituents is 1. The molecule has 0 saturated heterocycles. The van der Waals surface area contributed by atoms with Crippen molar-refractivity contribution < 1.29 is 46.4 Å². The van der Waals surface area contributed by atoms with Crippen LogP contribution in [0.25, 0.3) is 0 Å². The maximum Gasteiger partial charge on any atom is 0.121 e. The minimum absolute atomic E-state index is 0. The Hall–Kier alpha value is 0.384. The Kier molecular flexibility index (Phi) is 4.89. The summed E-state index contributed by atoms with van der Waals surface area (Å²) in [6.07, 6.45) is 0. The molecule has 0 atom stereocenters. The second kappa shape index (κ2) is 4.75. The van der Waals surface area contributed by atoms with Crippen molar-refractivity contribution in [3.63, 3.8) is 0 Å². The first-order valence-electron chi connectivity index (χ1n) is 4.22. The van der Waals surface area contributed by atoms with E-state index in [-0.39, 0.29) is 41.3 Å². The largest absolute Gasteiger partial charge is 0.507 e. The minimum atomic E-state index is 0. The van der Waals surface area contributed by atoms with Gasteiger partial charge in [-0.2, -0.15) is 0 Å². The first-order chi connectivity index (χ1) is 5.46. The third kappa shape index (κ3) is 2.25. The Morgan fingerprint density at radius 2 is 0.846 bits per heavy atom. The van der Waals surface area contributed by atoms with Crippen LogP contribution in [0.3, 0.4) is 0 Å². The summed E-state index contributed by atoms with van der Waals surface area (Å²) in [5.74, 6) is 0.454. The predicted octanol–water partition coefficient (Wildman–Crippen LogP) is 2.93. The van der Waals surface area contributed by atoms with Crippen molar-refractivity contribution in [1.82, 2.24) is 0 Å². The van der Waals surface area contributed by atoms with Gasteiger partial charge in [0, 0.05) is 41.3 Å². The fourth-order valence-corrected chi connectivity index (χ4v) is 1.48. The van der Waals surface area contributed by atoms with Crippen LogP contribution in [0.4, 0.5) is 0 Å². The zero-order valence-corrected chi connectivity index (χ0v) is 12.7. The summed E-state index contributed by atoms with van der Waals surface area (Å²) < 4.78 is 0. The van der Waals surface area contributed by atoms with Crippen LogP contribution in [0.1, 0.15) is 27.8 Å². The quantitative estimate of drug-likeness (QED) is 0.781. The summed E-state index contributed by atoms with van der Waals surface area (Å²) in [6, 6.07) is 0. The third-order valence-electron chi connectivity index (χ3n) is 2.96. The van der Waals surface area contributed by atoms with Crippen LogP contribution < -0.4 is 0 Å². The molecule has 0 spiro atoms. The molecule has 0 saturated carbocycles. The number of rotatable bonds is 0. The van der Waals surface area contributed by atoms with Gasteiger partial charge in [0.2, 0.25) is 0 Å². The monoisotopic (exact) mass is 305 g/mol. The molecule has 0 fully saturated rings. The van der Waals surface area contributed by atoms with Gasteiger partial charge in [0.15, 0.2) is 0 Å². The maximum absolute atomic E-state index is 9.69. The molecule has 2 heteroatoms. The van der Waals surface area contributed by atoms with Crippen molar-refractivity contribution >= 4 is 0 Å². The molecule has 1 aromatic carbocycles. The molecule has 0 aliphatic carbocycles. The van der Waals surface area contributed by atoms with Crippen molar-refractivity contribution in [3.8, 4) is 5.75 Å². The van der Waals surface area contributed by atoms with Gasteiger partial charge in [-0.25, -0.2) is 0 Å². The molecular weight excluding hydrogens is 289 g/mol. The summed E-state index contributed by atoms with van der Waals surface area (Å²) in [4.78, 5) is 0. The first kappa shape index (κ1) is 13.4. The van der Waals surface area contributed by atoms with E-state index in [1.807, 2.05) is 13.8 Å². The first-order valence-corrected chi connectivity index (χ1v) is 4.22.